The van der Waals surface area contributed by atoms with Crippen molar-refractivity contribution >= 4 is 22.9 Å². The maximum atomic E-state index is 10.2. The monoisotopic (exact) mass is 319 g/mol. The van der Waals surface area contributed by atoms with Gasteiger partial charge in [-0.05, 0) is 42.7 Å². The van der Waals surface area contributed by atoms with Gasteiger partial charge in [0.25, 0.3) is 0 Å². The smallest absolute Gasteiger partial charge is 0.116 e. The van der Waals surface area contributed by atoms with E-state index in [1.165, 1.54) is 11.1 Å². The van der Waals surface area contributed by atoms with Crippen LogP contribution < -0.4 is 5.32 Å². The van der Waals surface area contributed by atoms with Gasteiger partial charge in [0.2, 0.25) is 0 Å². The van der Waals surface area contributed by atoms with Gasteiger partial charge in [-0.3, -0.25) is 4.99 Å². The molecule has 4 rings (SSSR count). The molecule has 0 aliphatic carbocycles. The highest BCUT2D eigenvalue weighted by atomic mass is 16.3. The van der Waals surface area contributed by atoms with Gasteiger partial charge in [0, 0.05) is 34.8 Å². The number of aryl methyl sites for hydroxylation is 1. The number of anilines is 1. The van der Waals surface area contributed by atoms with Crippen molar-refractivity contribution in [1.29, 1.82) is 0 Å². The Balaban J connectivity index is 1.83. The number of benzene rings is 2. The fourth-order valence-corrected chi connectivity index (χ4v) is 3.68. The lowest BCUT2D eigenvalue weighted by molar-refractivity contribution is 0.470. The lowest BCUT2D eigenvalue weighted by Gasteiger charge is -2.31. The average Bonchev–Trinajstić information content (AvgIpc) is 2.98. The number of hydrogen-bond donors (Lipinski definition) is 3. The third-order valence-electron chi connectivity index (χ3n) is 4.93. The number of para-hydroxylation sites is 1. The fourth-order valence-electron chi connectivity index (χ4n) is 3.68. The van der Waals surface area contributed by atoms with E-state index in [1.807, 2.05) is 30.5 Å². The number of nitrogens with zero attached hydrogens (tertiary/aromatic N) is 1. The van der Waals surface area contributed by atoms with E-state index in [0.29, 0.717) is 5.75 Å². The van der Waals surface area contributed by atoms with Crippen LogP contribution in [-0.4, -0.2) is 16.4 Å². The summed E-state index contributed by atoms with van der Waals surface area (Å²) in [5.74, 6) is 0.307. The van der Waals surface area contributed by atoms with Crippen LogP contribution in [0.25, 0.3) is 10.9 Å². The van der Waals surface area contributed by atoms with Crippen LogP contribution >= 0.6 is 0 Å². The Kier molecular flexibility index (Phi) is 3.34. The Morgan fingerprint density at radius 2 is 2.00 bits per heavy atom. The Bertz CT molecular complexity index is 941. The first kappa shape index (κ1) is 14.8. The Labute approximate surface area is 141 Å². The van der Waals surface area contributed by atoms with Gasteiger partial charge >= 0.3 is 0 Å². The summed E-state index contributed by atoms with van der Waals surface area (Å²) in [6, 6.07) is 11.9. The summed E-state index contributed by atoms with van der Waals surface area (Å²) in [6.45, 7) is 4.27. The molecule has 3 N–H and O–H groups in total. The highest BCUT2D eigenvalue weighted by Gasteiger charge is 2.31. The number of aromatic amines is 1. The van der Waals surface area contributed by atoms with E-state index in [0.717, 1.165) is 35.0 Å². The van der Waals surface area contributed by atoms with Crippen molar-refractivity contribution < 1.29 is 5.11 Å². The molecule has 0 saturated carbocycles. The number of aromatic nitrogens is 1. The fraction of sp³-hybridized carbons (Fsp3) is 0.250. The van der Waals surface area contributed by atoms with Crippen LogP contribution in [0.4, 0.5) is 5.69 Å². The third kappa shape index (κ3) is 2.26. The molecular formula is C20H21N3O. The summed E-state index contributed by atoms with van der Waals surface area (Å²) >= 11 is 0. The number of hydrogen-bond acceptors (Lipinski definition) is 3. The zero-order valence-electron chi connectivity index (χ0n) is 13.9. The molecule has 1 aromatic heterocycles. The molecule has 3 aromatic rings. The second kappa shape index (κ2) is 5.41. The zero-order chi connectivity index (χ0) is 16.7. The maximum Gasteiger partial charge on any atom is 0.116 e. The molecule has 0 fully saturated rings. The van der Waals surface area contributed by atoms with Crippen LogP contribution in [0.1, 0.15) is 30.5 Å². The van der Waals surface area contributed by atoms with E-state index in [4.69, 9.17) is 4.99 Å². The van der Waals surface area contributed by atoms with E-state index < -0.39 is 0 Å². The quantitative estimate of drug-likeness (QED) is 0.672. The van der Waals surface area contributed by atoms with E-state index >= 15 is 0 Å². The van der Waals surface area contributed by atoms with Crippen LogP contribution in [0.5, 0.6) is 5.75 Å². The van der Waals surface area contributed by atoms with Crippen LogP contribution in [0.2, 0.25) is 0 Å². The molecule has 2 heterocycles. The zero-order valence-corrected chi connectivity index (χ0v) is 13.9. The minimum atomic E-state index is -0.361. The maximum absolute atomic E-state index is 10.2. The molecular weight excluding hydrogens is 298 g/mol. The third-order valence-corrected chi connectivity index (χ3v) is 4.93. The van der Waals surface area contributed by atoms with Gasteiger partial charge in [0.15, 0.2) is 0 Å². The van der Waals surface area contributed by atoms with Crippen molar-refractivity contribution in [1.82, 2.24) is 4.98 Å². The van der Waals surface area contributed by atoms with Gasteiger partial charge in [-0.2, -0.15) is 0 Å². The van der Waals surface area contributed by atoms with E-state index in [1.54, 1.807) is 6.34 Å². The van der Waals surface area contributed by atoms with Crippen LogP contribution in [0, 0.1) is 0 Å². The number of nitrogens with one attached hydrogen (secondary N) is 2. The largest absolute Gasteiger partial charge is 0.508 e. The summed E-state index contributed by atoms with van der Waals surface area (Å²) in [4.78, 5) is 8.12. The molecule has 4 heteroatoms. The van der Waals surface area contributed by atoms with Gasteiger partial charge in [0.1, 0.15) is 5.75 Å². The number of phenolic OH excluding ortho intramolecular Hbond substituents is 1. The molecule has 0 amide bonds. The standard InChI is InChI=1S/C20H21N3O/c1-3-13-11-21-19-14(8-15(24)9-16(13)19)10-20(2)17-6-4-5-7-18(17)22-12-23-20/h4-9,11-12,21,24H,3,10H2,1-2H3,(H,22,23). The number of phenols is 1. The lowest BCUT2D eigenvalue weighted by Crippen LogP contribution is -2.28. The molecule has 1 unspecified atom stereocenters. The summed E-state index contributed by atoms with van der Waals surface area (Å²) in [6.07, 6.45) is 5.46. The molecule has 1 atom stereocenters. The summed E-state index contributed by atoms with van der Waals surface area (Å²) in [5, 5.41) is 14.5. The molecule has 0 spiro atoms. The Morgan fingerprint density at radius 3 is 2.83 bits per heavy atom. The van der Waals surface area contributed by atoms with E-state index in [9.17, 15) is 5.11 Å². The minimum Gasteiger partial charge on any atom is -0.508 e. The van der Waals surface area contributed by atoms with Crippen molar-refractivity contribution in [2.24, 2.45) is 4.99 Å². The van der Waals surface area contributed by atoms with Crippen molar-refractivity contribution in [3.63, 3.8) is 0 Å². The molecule has 0 saturated heterocycles. The predicted octanol–water partition coefficient (Wildman–Crippen LogP) is 4.35. The highest BCUT2D eigenvalue weighted by molar-refractivity contribution is 5.88. The van der Waals surface area contributed by atoms with Crippen LogP contribution in [0.15, 0.2) is 47.6 Å². The molecule has 1 aliphatic heterocycles. The lowest BCUT2D eigenvalue weighted by atomic mass is 9.83. The summed E-state index contributed by atoms with van der Waals surface area (Å²) in [5.41, 5.74) is 5.30. The van der Waals surface area contributed by atoms with Gasteiger partial charge in [-0.25, -0.2) is 0 Å². The first-order valence-electron chi connectivity index (χ1n) is 8.32. The second-order valence-corrected chi connectivity index (χ2v) is 6.59. The number of H-pyrrole nitrogens is 1. The molecule has 0 radical (unpaired) electrons. The molecule has 2 aromatic carbocycles. The highest BCUT2D eigenvalue weighted by Crippen LogP contribution is 2.39. The predicted molar refractivity (Wildman–Crippen MR) is 99.0 cm³/mol. The van der Waals surface area contributed by atoms with Crippen LogP contribution in [-0.2, 0) is 18.4 Å². The Hall–Kier alpha value is -2.75. The van der Waals surface area contributed by atoms with Gasteiger partial charge in [-0.1, -0.05) is 25.1 Å². The van der Waals surface area contributed by atoms with Crippen molar-refractivity contribution in [2.45, 2.75) is 32.2 Å². The number of aliphatic imine (C=N–C) groups is 1. The van der Waals surface area contributed by atoms with Crippen molar-refractivity contribution in [2.75, 3.05) is 5.32 Å². The molecule has 0 bridgehead atoms. The number of fused-ring (bicyclic) bond motifs is 2. The van der Waals surface area contributed by atoms with Gasteiger partial charge in [-0.15, -0.1) is 0 Å². The first-order valence-corrected chi connectivity index (χ1v) is 8.32. The topological polar surface area (TPSA) is 60.4 Å². The van der Waals surface area contributed by atoms with Gasteiger partial charge < -0.3 is 15.4 Å². The first-order chi connectivity index (χ1) is 11.6. The normalized spacial score (nSPS) is 19.2. The minimum absolute atomic E-state index is 0.307. The molecule has 122 valence electrons. The van der Waals surface area contributed by atoms with Crippen molar-refractivity contribution in [3.8, 4) is 5.75 Å². The molecule has 1 aliphatic rings. The number of rotatable bonds is 3. The molecule has 4 nitrogen and oxygen atoms in total. The van der Waals surface area contributed by atoms with Crippen LogP contribution in [0.3, 0.4) is 0 Å². The Morgan fingerprint density at radius 1 is 1.17 bits per heavy atom. The van der Waals surface area contributed by atoms with Gasteiger partial charge in [0.05, 0.1) is 11.9 Å². The SMILES string of the molecule is CCc1c[nH]c2c(CC3(C)N=CNc4ccccc43)cc(O)cc12. The molecule has 24 heavy (non-hydrogen) atoms. The second-order valence-electron chi connectivity index (χ2n) is 6.59. The average molecular weight is 319 g/mol. The summed E-state index contributed by atoms with van der Waals surface area (Å²) < 4.78 is 0. The van der Waals surface area contributed by atoms with E-state index in [-0.39, 0.29) is 5.54 Å². The number of aromatic hydroxyl groups is 1. The van der Waals surface area contributed by atoms with E-state index in [2.05, 4.69) is 36.3 Å². The van der Waals surface area contributed by atoms with Crippen molar-refractivity contribution in [3.05, 3.63) is 59.3 Å². The summed E-state index contributed by atoms with van der Waals surface area (Å²) in [7, 11) is 0.